The first-order valence-electron chi connectivity index (χ1n) is 7.83. The first-order chi connectivity index (χ1) is 10.7. The van der Waals surface area contributed by atoms with Gasteiger partial charge in [-0.2, -0.15) is 0 Å². The van der Waals surface area contributed by atoms with E-state index < -0.39 is 0 Å². The van der Waals surface area contributed by atoms with Crippen molar-refractivity contribution in [2.75, 3.05) is 47.1 Å². The lowest BCUT2D eigenvalue weighted by Crippen LogP contribution is -2.50. The molecule has 0 unspecified atom stereocenters. The Morgan fingerprint density at radius 2 is 2.18 bits per heavy atom. The Hall–Kier alpha value is -1.18. The quantitative estimate of drug-likeness (QED) is 0.704. The fourth-order valence-corrected chi connectivity index (χ4v) is 3.06. The summed E-state index contributed by atoms with van der Waals surface area (Å²) < 4.78 is 16.3. The van der Waals surface area contributed by atoms with E-state index in [2.05, 4.69) is 5.32 Å². The molecule has 0 aliphatic carbocycles. The maximum atomic E-state index is 11.9. The van der Waals surface area contributed by atoms with Gasteiger partial charge in [0.05, 0.1) is 19.3 Å². The minimum Gasteiger partial charge on any atom is -0.378 e. The predicted octanol–water partition coefficient (Wildman–Crippen LogP) is -0.208. The fraction of sp³-hybridized carbons (Fsp3) is 0.867. The van der Waals surface area contributed by atoms with Crippen molar-refractivity contribution >= 4 is 11.8 Å². The van der Waals surface area contributed by atoms with E-state index in [9.17, 15) is 9.59 Å². The zero-order chi connectivity index (χ0) is 15.9. The largest absolute Gasteiger partial charge is 0.378 e. The molecule has 0 aromatic carbocycles. The number of nitrogens with zero attached hydrogens (tertiary/aromatic N) is 1. The molecule has 2 rings (SSSR count). The van der Waals surface area contributed by atoms with Gasteiger partial charge >= 0.3 is 0 Å². The lowest BCUT2D eigenvalue weighted by molar-refractivity contribution is -0.147. The molecule has 2 heterocycles. The molecule has 7 nitrogen and oxygen atoms in total. The van der Waals surface area contributed by atoms with Crippen LogP contribution in [0.4, 0.5) is 0 Å². The van der Waals surface area contributed by atoms with Crippen molar-refractivity contribution in [3.63, 3.8) is 0 Å². The predicted molar refractivity (Wildman–Crippen MR) is 79.3 cm³/mol. The first kappa shape index (κ1) is 17.2. The first-order valence-corrected chi connectivity index (χ1v) is 7.83. The molecule has 2 aliphatic rings. The number of carbonyl (C=O) groups excluding carboxylic acids is 2. The molecule has 1 N–H and O–H groups in total. The van der Waals surface area contributed by atoms with Crippen LogP contribution in [0.2, 0.25) is 0 Å². The van der Waals surface area contributed by atoms with Crippen LogP contribution in [0.25, 0.3) is 0 Å². The molecule has 7 heteroatoms. The van der Waals surface area contributed by atoms with Gasteiger partial charge in [0, 0.05) is 52.6 Å². The number of hydrogen-bond acceptors (Lipinski definition) is 5. The normalized spacial score (nSPS) is 28.9. The molecular formula is C15H26N2O5. The monoisotopic (exact) mass is 314 g/mol. The van der Waals surface area contributed by atoms with Crippen LogP contribution < -0.4 is 5.32 Å². The van der Waals surface area contributed by atoms with Crippen LogP contribution in [-0.2, 0) is 23.8 Å². The fourth-order valence-electron chi connectivity index (χ4n) is 3.06. The van der Waals surface area contributed by atoms with Gasteiger partial charge in [-0.1, -0.05) is 0 Å². The second kappa shape index (κ2) is 8.45. The van der Waals surface area contributed by atoms with Gasteiger partial charge in [-0.05, 0) is 6.42 Å². The van der Waals surface area contributed by atoms with E-state index in [4.69, 9.17) is 14.2 Å². The summed E-state index contributed by atoms with van der Waals surface area (Å²) >= 11 is 0. The van der Waals surface area contributed by atoms with Crippen molar-refractivity contribution in [2.45, 2.75) is 31.5 Å². The summed E-state index contributed by atoms with van der Waals surface area (Å²) in [5.41, 5.74) is 0. The Bertz CT molecular complexity index is 390. The van der Waals surface area contributed by atoms with Crippen LogP contribution in [0.3, 0.4) is 0 Å². The molecular weight excluding hydrogens is 288 g/mol. The van der Waals surface area contributed by atoms with E-state index in [1.54, 1.807) is 19.1 Å². The van der Waals surface area contributed by atoms with Crippen molar-refractivity contribution in [1.29, 1.82) is 0 Å². The lowest BCUT2D eigenvalue weighted by Gasteiger charge is -2.36. The maximum Gasteiger partial charge on any atom is 0.222 e. The zero-order valence-electron chi connectivity index (χ0n) is 13.4. The minimum absolute atomic E-state index is 0.0471. The molecule has 2 amide bonds. The third kappa shape index (κ3) is 4.41. The van der Waals surface area contributed by atoms with E-state index in [-0.39, 0.29) is 29.9 Å². The molecule has 22 heavy (non-hydrogen) atoms. The minimum atomic E-state index is -0.108. The molecule has 2 saturated heterocycles. The average molecular weight is 314 g/mol. The van der Waals surface area contributed by atoms with Crippen LogP contribution in [0.15, 0.2) is 0 Å². The summed E-state index contributed by atoms with van der Waals surface area (Å²) in [6, 6.07) is 0. The van der Waals surface area contributed by atoms with Crippen LogP contribution >= 0.6 is 0 Å². The van der Waals surface area contributed by atoms with Gasteiger partial charge in [0.1, 0.15) is 6.10 Å². The molecule has 126 valence electrons. The third-order valence-electron chi connectivity index (χ3n) is 4.36. The Kier molecular flexibility index (Phi) is 6.60. The summed E-state index contributed by atoms with van der Waals surface area (Å²) in [5, 5.41) is 2.91. The van der Waals surface area contributed by atoms with Crippen molar-refractivity contribution < 1.29 is 23.8 Å². The Morgan fingerprint density at radius 3 is 2.82 bits per heavy atom. The van der Waals surface area contributed by atoms with Gasteiger partial charge in [-0.3, -0.25) is 9.59 Å². The summed E-state index contributed by atoms with van der Waals surface area (Å²) in [6.45, 7) is 2.81. The number of amides is 2. The van der Waals surface area contributed by atoms with Gasteiger partial charge in [-0.15, -0.1) is 0 Å². The molecule has 0 bridgehead atoms. The summed E-state index contributed by atoms with van der Waals surface area (Å²) in [6.07, 6.45) is 1.65. The summed E-state index contributed by atoms with van der Waals surface area (Å²) in [4.78, 5) is 25.2. The Labute approximate surface area is 131 Å². The molecule has 0 saturated carbocycles. The lowest BCUT2D eigenvalue weighted by atomic mass is 9.96. The van der Waals surface area contributed by atoms with Crippen molar-refractivity contribution in [1.82, 2.24) is 10.2 Å². The van der Waals surface area contributed by atoms with E-state index in [0.717, 1.165) is 13.0 Å². The highest BCUT2D eigenvalue weighted by Crippen LogP contribution is 2.19. The Balaban J connectivity index is 1.71. The molecule has 0 spiro atoms. The van der Waals surface area contributed by atoms with Crippen molar-refractivity contribution in [2.24, 2.45) is 5.92 Å². The molecule has 3 atom stereocenters. The molecule has 0 aromatic heterocycles. The number of carbonyl (C=O) groups is 2. The highest BCUT2D eigenvalue weighted by atomic mass is 16.6. The smallest absolute Gasteiger partial charge is 0.222 e. The van der Waals surface area contributed by atoms with Crippen molar-refractivity contribution in [3.05, 3.63) is 0 Å². The summed E-state index contributed by atoms with van der Waals surface area (Å²) in [5.74, 6) is 0.172. The SMILES string of the molecule is CO[C@H]1[C@H](CNC(=O)CCN2CCCC2=O)COC[C@H]1OC. The van der Waals surface area contributed by atoms with Crippen LogP contribution in [-0.4, -0.2) is 76.0 Å². The van der Waals surface area contributed by atoms with Gasteiger partial charge in [0.15, 0.2) is 0 Å². The number of likely N-dealkylation sites (tertiary alicyclic amines) is 1. The van der Waals surface area contributed by atoms with E-state index in [1.807, 2.05) is 0 Å². The second-order valence-corrected chi connectivity index (χ2v) is 5.81. The van der Waals surface area contributed by atoms with E-state index >= 15 is 0 Å². The third-order valence-corrected chi connectivity index (χ3v) is 4.36. The second-order valence-electron chi connectivity index (χ2n) is 5.81. The van der Waals surface area contributed by atoms with Crippen LogP contribution in [0, 0.1) is 5.92 Å². The molecule has 2 fully saturated rings. The van der Waals surface area contributed by atoms with Crippen LogP contribution in [0.1, 0.15) is 19.3 Å². The number of hydrogen-bond donors (Lipinski definition) is 1. The Morgan fingerprint density at radius 1 is 1.36 bits per heavy atom. The number of methoxy groups -OCH3 is 2. The summed E-state index contributed by atoms with van der Waals surface area (Å²) in [7, 11) is 3.28. The highest BCUT2D eigenvalue weighted by molar-refractivity contribution is 5.80. The van der Waals surface area contributed by atoms with E-state index in [1.165, 1.54) is 0 Å². The maximum absolute atomic E-state index is 11.9. The van der Waals surface area contributed by atoms with Crippen molar-refractivity contribution in [3.8, 4) is 0 Å². The topological polar surface area (TPSA) is 77.1 Å². The zero-order valence-corrected chi connectivity index (χ0v) is 13.4. The van der Waals surface area contributed by atoms with Gasteiger partial charge in [0.25, 0.3) is 0 Å². The van der Waals surface area contributed by atoms with E-state index in [0.29, 0.717) is 39.1 Å². The van der Waals surface area contributed by atoms with Gasteiger partial charge < -0.3 is 24.4 Å². The van der Waals surface area contributed by atoms with Crippen LogP contribution in [0.5, 0.6) is 0 Å². The molecule has 0 radical (unpaired) electrons. The van der Waals surface area contributed by atoms with Gasteiger partial charge in [-0.25, -0.2) is 0 Å². The number of nitrogens with one attached hydrogen (secondary N) is 1. The number of rotatable bonds is 7. The standard InChI is InChI=1S/C15H26N2O5/c1-20-12-10-22-9-11(15(12)21-2)8-16-13(18)5-7-17-6-3-4-14(17)19/h11-12,15H,3-10H2,1-2H3,(H,16,18)/t11-,12-,15+/m1/s1. The number of ether oxygens (including phenoxy) is 3. The molecule has 0 aromatic rings. The van der Waals surface area contributed by atoms with Gasteiger partial charge in [0.2, 0.25) is 11.8 Å². The average Bonchev–Trinajstić information content (AvgIpc) is 2.95. The molecule has 2 aliphatic heterocycles. The highest BCUT2D eigenvalue weighted by Gasteiger charge is 2.34.